The number of fused-ring (bicyclic) bond motifs is 3. The van der Waals surface area contributed by atoms with Gasteiger partial charge in [-0.15, -0.1) is 11.3 Å². The topological polar surface area (TPSA) is 56.2 Å². The van der Waals surface area contributed by atoms with Gasteiger partial charge in [0, 0.05) is 30.1 Å². The van der Waals surface area contributed by atoms with Crippen molar-refractivity contribution < 1.29 is 13.5 Å². The molecule has 2 heterocycles. The number of nitrogens with one attached hydrogen (secondary N) is 1. The summed E-state index contributed by atoms with van der Waals surface area (Å²) < 4.78 is 33.9. The maximum Gasteiger partial charge on any atom is 0.262 e. The molecule has 0 amide bonds. The third kappa shape index (κ3) is 4.74. The van der Waals surface area contributed by atoms with Gasteiger partial charge in [0.2, 0.25) is 0 Å². The summed E-state index contributed by atoms with van der Waals surface area (Å²) >= 11 is 1.57. The van der Waals surface area contributed by atoms with Crippen LogP contribution in [0.3, 0.4) is 0 Å². The first-order chi connectivity index (χ1) is 16.5. The maximum atomic E-state index is 13.5. The predicted octanol–water partition coefficient (Wildman–Crippen LogP) is 4.63. The molecular weight excluding hydrogens is 456 g/mol. The quantitative estimate of drug-likeness (QED) is 0.418. The number of ether oxygens (including phenoxy) is 1. The number of aryl methyl sites for hydroxylation is 3. The molecule has 2 aromatic heterocycles. The molecule has 5 rings (SSSR count). The van der Waals surface area contributed by atoms with Crippen LogP contribution in [0, 0.1) is 11.6 Å². The van der Waals surface area contributed by atoms with Crippen molar-refractivity contribution >= 4 is 21.6 Å². The van der Waals surface area contributed by atoms with Gasteiger partial charge in [0.1, 0.15) is 22.2 Å². The number of nitrogens with zero attached hydrogens (tertiary/aromatic N) is 2. The van der Waals surface area contributed by atoms with E-state index in [0.29, 0.717) is 25.1 Å². The molecule has 0 aliphatic heterocycles. The molecule has 1 aliphatic carbocycles. The van der Waals surface area contributed by atoms with Gasteiger partial charge < -0.3 is 10.1 Å². The molecule has 5 nitrogen and oxygen atoms in total. The minimum absolute atomic E-state index is 0.00652. The van der Waals surface area contributed by atoms with Crippen LogP contribution >= 0.6 is 11.3 Å². The molecule has 0 bridgehead atoms. The Kier molecular flexibility index (Phi) is 6.43. The molecule has 176 valence electrons. The fourth-order valence-electron chi connectivity index (χ4n) is 4.59. The highest BCUT2D eigenvalue weighted by molar-refractivity contribution is 7.18. The van der Waals surface area contributed by atoms with Crippen LogP contribution in [0.4, 0.5) is 8.78 Å². The third-order valence-electron chi connectivity index (χ3n) is 6.33. The van der Waals surface area contributed by atoms with E-state index in [1.165, 1.54) is 17.0 Å². The number of hydrogen-bond acceptors (Lipinski definition) is 5. The van der Waals surface area contributed by atoms with Crippen LogP contribution in [0.15, 0.2) is 53.6 Å². The largest absolute Gasteiger partial charge is 0.497 e. The van der Waals surface area contributed by atoms with Crippen LogP contribution in [0.25, 0.3) is 10.2 Å². The van der Waals surface area contributed by atoms with Gasteiger partial charge in [-0.1, -0.05) is 12.1 Å². The summed E-state index contributed by atoms with van der Waals surface area (Å²) in [7, 11) is 1.64. The summed E-state index contributed by atoms with van der Waals surface area (Å²) in [6.07, 6.45) is 4.76. The van der Waals surface area contributed by atoms with Crippen LogP contribution in [-0.4, -0.2) is 22.7 Å². The molecule has 2 aromatic carbocycles. The maximum absolute atomic E-state index is 13.5. The number of aromatic nitrogens is 2. The van der Waals surface area contributed by atoms with Gasteiger partial charge in [0.05, 0.1) is 18.8 Å². The monoisotopic (exact) mass is 481 g/mol. The van der Waals surface area contributed by atoms with E-state index in [2.05, 4.69) is 10.3 Å². The van der Waals surface area contributed by atoms with Crippen LogP contribution in [0.5, 0.6) is 5.75 Å². The lowest BCUT2D eigenvalue weighted by atomic mass is 9.93. The highest BCUT2D eigenvalue weighted by atomic mass is 32.1. The molecule has 0 saturated heterocycles. The summed E-state index contributed by atoms with van der Waals surface area (Å²) in [5.41, 5.74) is 2.79. The Labute approximate surface area is 200 Å². The van der Waals surface area contributed by atoms with Crippen molar-refractivity contribution in [1.29, 1.82) is 0 Å². The molecule has 0 fully saturated rings. The summed E-state index contributed by atoms with van der Waals surface area (Å²) in [6.45, 7) is 0.947. The normalized spacial score (nSPS) is 15.4. The fraction of sp³-hybridized carbons (Fsp3) is 0.308. The Balaban J connectivity index is 1.30. The van der Waals surface area contributed by atoms with Crippen LogP contribution in [0.2, 0.25) is 0 Å². The van der Waals surface area contributed by atoms with Gasteiger partial charge in [0.25, 0.3) is 5.56 Å². The number of methoxy groups -OCH3 is 1. The molecule has 1 N–H and O–H groups in total. The van der Waals surface area contributed by atoms with E-state index in [0.717, 1.165) is 52.4 Å². The number of thiophene rings is 1. The smallest absolute Gasteiger partial charge is 0.262 e. The number of halogens is 2. The van der Waals surface area contributed by atoms with Gasteiger partial charge in [-0.25, -0.2) is 13.8 Å². The van der Waals surface area contributed by atoms with Crippen LogP contribution in [-0.2, 0) is 32.4 Å². The van der Waals surface area contributed by atoms with E-state index in [1.54, 1.807) is 29.3 Å². The molecule has 0 spiro atoms. The molecule has 8 heteroatoms. The summed E-state index contributed by atoms with van der Waals surface area (Å²) in [4.78, 5) is 19.8. The zero-order valence-corrected chi connectivity index (χ0v) is 19.6. The average Bonchev–Trinajstić information content (AvgIpc) is 3.20. The van der Waals surface area contributed by atoms with Gasteiger partial charge in [-0.3, -0.25) is 9.36 Å². The first-order valence-electron chi connectivity index (χ1n) is 11.3. The van der Waals surface area contributed by atoms with Crippen LogP contribution in [0.1, 0.15) is 28.0 Å². The number of hydrogen-bond donors (Lipinski definition) is 1. The van der Waals surface area contributed by atoms with Gasteiger partial charge in [0.15, 0.2) is 0 Å². The predicted molar refractivity (Wildman–Crippen MR) is 130 cm³/mol. The Bertz CT molecular complexity index is 1380. The highest BCUT2D eigenvalue weighted by Crippen LogP contribution is 2.33. The van der Waals surface area contributed by atoms with E-state index in [1.807, 2.05) is 24.3 Å². The SMILES string of the molecule is COc1cccc(CCn2cnc3sc4c(c3c2=O)CCC(NCc2cc(F)cc(F)c2)C4)c1. The Morgan fingerprint density at radius 2 is 2.00 bits per heavy atom. The highest BCUT2D eigenvalue weighted by Gasteiger charge is 2.25. The summed E-state index contributed by atoms with van der Waals surface area (Å²) in [5, 5.41) is 4.15. The van der Waals surface area contributed by atoms with E-state index in [4.69, 9.17) is 4.74 Å². The first kappa shape index (κ1) is 22.7. The molecule has 0 saturated carbocycles. The Morgan fingerprint density at radius 3 is 2.79 bits per heavy atom. The van der Waals surface area contributed by atoms with Gasteiger partial charge in [-0.2, -0.15) is 0 Å². The van der Waals surface area contributed by atoms with Crippen molar-refractivity contribution in [2.75, 3.05) is 7.11 Å². The van der Waals surface area contributed by atoms with Gasteiger partial charge in [-0.05, 0) is 66.6 Å². The average molecular weight is 482 g/mol. The van der Waals surface area contributed by atoms with E-state index in [-0.39, 0.29) is 11.6 Å². The first-order valence-corrected chi connectivity index (χ1v) is 12.1. The second kappa shape index (κ2) is 9.64. The lowest BCUT2D eigenvalue weighted by molar-refractivity contribution is 0.414. The van der Waals surface area contributed by atoms with E-state index < -0.39 is 11.6 Å². The van der Waals surface area contributed by atoms with Crippen molar-refractivity contribution in [3.05, 3.63) is 92.3 Å². The Hall–Kier alpha value is -3.10. The second-order valence-corrected chi connectivity index (χ2v) is 9.71. The zero-order chi connectivity index (χ0) is 23.7. The van der Waals surface area contributed by atoms with Crippen LogP contribution < -0.4 is 15.6 Å². The fourth-order valence-corrected chi connectivity index (χ4v) is 5.85. The lowest BCUT2D eigenvalue weighted by Crippen LogP contribution is -2.34. The van der Waals surface area contributed by atoms with Crippen molar-refractivity contribution in [1.82, 2.24) is 14.9 Å². The lowest BCUT2D eigenvalue weighted by Gasteiger charge is -2.23. The standard InChI is InChI=1S/C26H25F2N3O2S/c1-33-21-4-2-3-16(11-21)7-8-31-15-30-25-24(26(31)32)22-6-5-20(13-23(22)34-25)29-14-17-9-18(27)12-19(28)10-17/h2-4,9-12,15,20,29H,5-8,13-14H2,1H3. The van der Waals surface area contributed by atoms with Crippen molar-refractivity contribution in [2.24, 2.45) is 0 Å². The number of rotatable bonds is 7. The van der Waals surface area contributed by atoms with Crippen molar-refractivity contribution in [3.63, 3.8) is 0 Å². The molecule has 4 aromatic rings. The summed E-state index contributed by atoms with van der Waals surface area (Å²) in [6, 6.07) is 11.6. The van der Waals surface area contributed by atoms with Gasteiger partial charge >= 0.3 is 0 Å². The van der Waals surface area contributed by atoms with Crippen molar-refractivity contribution in [3.8, 4) is 5.75 Å². The zero-order valence-electron chi connectivity index (χ0n) is 18.8. The summed E-state index contributed by atoms with van der Waals surface area (Å²) in [5.74, 6) is -0.335. The third-order valence-corrected chi connectivity index (χ3v) is 7.49. The van der Waals surface area contributed by atoms with Crippen molar-refractivity contribution in [2.45, 2.75) is 44.8 Å². The number of benzene rings is 2. The minimum atomic E-state index is -0.569. The Morgan fingerprint density at radius 1 is 1.18 bits per heavy atom. The molecule has 34 heavy (non-hydrogen) atoms. The van der Waals surface area contributed by atoms with E-state index in [9.17, 15) is 13.6 Å². The molecule has 1 unspecified atom stereocenters. The molecule has 0 radical (unpaired) electrons. The molecule has 1 atom stereocenters. The molecule has 1 aliphatic rings. The van der Waals surface area contributed by atoms with E-state index >= 15 is 0 Å². The molecular formula is C26H25F2N3O2S. The minimum Gasteiger partial charge on any atom is -0.497 e. The second-order valence-electron chi connectivity index (χ2n) is 8.63.